The summed E-state index contributed by atoms with van der Waals surface area (Å²) in [5, 5.41) is 8.85. The normalized spacial score (nSPS) is 17.8. The Morgan fingerprint density at radius 2 is 2.04 bits per heavy atom. The van der Waals surface area contributed by atoms with Gasteiger partial charge in [-0.1, -0.05) is 30.3 Å². The molecule has 0 unspecified atom stereocenters. The minimum atomic E-state index is 0.0956. The van der Waals surface area contributed by atoms with E-state index in [4.69, 9.17) is 0 Å². The smallest absolute Gasteiger partial charge is 0.244 e. The lowest BCUT2D eigenvalue weighted by Crippen LogP contribution is -2.42. The van der Waals surface area contributed by atoms with Gasteiger partial charge in [-0.3, -0.25) is 4.79 Å². The molecule has 2 heterocycles. The molecule has 2 aliphatic rings. The van der Waals surface area contributed by atoms with Gasteiger partial charge in [0.25, 0.3) is 0 Å². The van der Waals surface area contributed by atoms with Gasteiger partial charge in [-0.25, -0.2) is 4.99 Å². The Balaban J connectivity index is 1.34. The van der Waals surface area contributed by atoms with Crippen LogP contribution in [0.5, 0.6) is 0 Å². The number of nitrogens with zero attached hydrogens (tertiary/aromatic N) is 2. The van der Waals surface area contributed by atoms with E-state index in [-0.39, 0.29) is 17.9 Å². The molecule has 1 amide bonds. The summed E-state index contributed by atoms with van der Waals surface area (Å²) in [6.45, 7) is 5.37. The van der Waals surface area contributed by atoms with E-state index in [0.29, 0.717) is 6.54 Å². The van der Waals surface area contributed by atoms with Gasteiger partial charge in [-0.05, 0) is 48.8 Å². The molecule has 1 aliphatic carbocycles. The van der Waals surface area contributed by atoms with Crippen LogP contribution in [-0.4, -0.2) is 42.9 Å². The number of carbonyl (C=O) groups is 1. The third kappa shape index (κ3) is 4.22. The first-order valence-corrected chi connectivity index (χ1v) is 11.0. The van der Waals surface area contributed by atoms with Crippen molar-refractivity contribution in [1.82, 2.24) is 15.5 Å². The summed E-state index contributed by atoms with van der Waals surface area (Å²) in [6, 6.07) is 12.8. The lowest BCUT2D eigenvalue weighted by Gasteiger charge is -2.26. The lowest BCUT2D eigenvalue weighted by molar-refractivity contribution is -0.130. The highest BCUT2D eigenvalue weighted by molar-refractivity contribution is 7.10. The van der Waals surface area contributed by atoms with Gasteiger partial charge in [-0.15, -0.1) is 11.3 Å². The van der Waals surface area contributed by atoms with Crippen molar-refractivity contribution in [2.75, 3.05) is 26.2 Å². The number of nitrogens with one attached hydrogen (secondary N) is 2. The predicted molar refractivity (Wildman–Crippen MR) is 115 cm³/mol. The van der Waals surface area contributed by atoms with Crippen molar-refractivity contribution in [3.05, 3.63) is 57.8 Å². The number of carbonyl (C=O) groups excluding carboxylic acids is 1. The summed E-state index contributed by atoms with van der Waals surface area (Å²) in [6.07, 6.45) is 3.35. The molecule has 2 aromatic rings. The number of guanidine groups is 1. The van der Waals surface area contributed by atoms with E-state index in [2.05, 4.69) is 57.4 Å². The number of hydrogen-bond donors (Lipinski definition) is 2. The van der Waals surface area contributed by atoms with Gasteiger partial charge in [0.1, 0.15) is 6.54 Å². The zero-order valence-electron chi connectivity index (χ0n) is 16.4. The van der Waals surface area contributed by atoms with Crippen LogP contribution in [0.15, 0.2) is 46.8 Å². The van der Waals surface area contributed by atoms with Crippen LogP contribution < -0.4 is 10.6 Å². The fourth-order valence-corrected chi connectivity index (χ4v) is 4.70. The van der Waals surface area contributed by atoms with Crippen LogP contribution in [0.3, 0.4) is 0 Å². The molecule has 28 heavy (non-hydrogen) atoms. The molecular weight excluding hydrogens is 368 g/mol. The number of benzene rings is 1. The zero-order valence-corrected chi connectivity index (χ0v) is 17.2. The van der Waals surface area contributed by atoms with Crippen LogP contribution in [0.1, 0.15) is 35.8 Å². The third-order valence-electron chi connectivity index (χ3n) is 5.71. The maximum absolute atomic E-state index is 12.6. The molecule has 0 saturated heterocycles. The van der Waals surface area contributed by atoms with Crippen molar-refractivity contribution >= 4 is 23.2 Å². The van der Waals surface area contributed by atoms with E-state index >= 15 is 0 Å². The number of thiophene rings is 1. The fourth-order valence-electron chi connectivity index (χ4n) is 3.81. The van der Waals surface area contributed by atoms with Crippen LogP contribution in [-0.2, 0) is 23.2 Å². The number of rotatable bonds is 6. The molecule has 0 bridgehead atoms. The monoisotopic (exact) mass is 396 g/mol. The summed E-state index contributed by atoms with van der Waals surface area (Å²) in [5.41, 5.74) is 2.88. The van der Waals surface area contributed by atoms with E-state index < -0.39 is 0 Å². The largest absolute Gasteiger partial charge is 0.357 e. The van der Waals surface area contributed by atoms with E-state index in [0.717, 1.165) is 32.0 Å². The molecule has 0 atom stereocenters. The van der Waals surface area contributed by atoms with E-state index in [9.17, 15) is 4.79 Å². The molecule has 2 N–H and O–H groups in total. The summed E-state index contributed by atoms with van der Waals surface area (Å²) in [5.74, 6) is 0.824. The number of amides is 1. The Morgan fingerprint density at radius 1 is 1.21 bits per heavy atom. The summed E-state index contributed by atoms with van der Waals surface area (Å²) in [7, 11) is 0. The second-order valence-corrected chi connectivity index (χ2v) is 8.63. The molecule has 4 rings (SSSR count). The van der Waals surface area contributed by atoms with E-state index in [1.165, 1.54) is 28.8 Å². The minimum Gasteiger partial charge on any atom is -0.357 e. The topological polar surface area (TPSA) is 56.7 Å². The molecule has 1 fully saturated rings. The Hall–Kier alpha value is -2.34. The van der Waals surface area contributed by atoms with Crippen LogP contribution in [0.25, 0.3) is 0 Å². The molecular formula is C22H28N4OS. The average molecular weight is 397 g/mol. The van der Waals surface area contributed by atoms with Crippen molar-refractivity contribution in [3.63, 3.8) is 0 Å². The van der Waals surface area contributed by atoms with Gasteiger partial charge in [0.2, 0.25) is 5.91 Å². The van der Waals surface area contributed by atoms with Crippen molar-refractivity contribution in [3.8, 4) is 0 Å². The van der Waals surface area contributed by atoms with E-state index in [1.807, 2.05) is 11.8 Å². The molecule has 1 aliphatic heterocycles. The summed E-state index contributed by atoms with van der Waals surface area (Å²) >= 11 is 1.79. The van der Waals surface area contributed by atoms with Crippen molar-refractivity contribution in [2.45, 2.75) is 38.1 Å². The quantitative estimate of drug-likeness (QED) is 0.583. The average Bonchev–Trinajstić information content (AvgIpc) is 3.38. The van der Waals surface area contributed by atoms with Gasteiger partial charge in [0.05, 0.1) is 0 Å². The van der Waals surface area contributed by atoms with Crippen LogP contribution in [0.2, 0.25) is 0 Å². The van der Waals surface area contributed by atoms with E-state index in [1.54, 1.807) is 11.3 Å². The molecule has 1 aromatic heterocycles. The standard InChI is InChI=1S/C22H28N4OS/c1-2-23-21(25-16-22(10-11-22)18-6-4-3-5-7-18)24-14-20(27)26-12-8-19-17(15-26)9-13-28-19/h3-7,9,13H,2,8,10-12,14-16H2,1H3,(H2,23,24,25). The second kappa shape index (κ2) is 8.35. The fraction of sp³-hybridized carbons (Fsp3) is 0.455. The molecule has 1 aromatic carbocycles. The first-order chi connectivity index (χ1) is 13.7. The van der Waals surface area contributed by atoms with Gasteiger partial charge in [-0.2, -0.15) is 0 Å². The first kappa shape index (κ1) is 19.0. The Bertz CT molecular complexity index is 841. The molecule has 5 nitrogen and oxygen atoms in total. The SMILES string of the molecule is CCNC(=NCC(=O)N1CCc2sccc2C1)NCC1(c2ccccc2)CC1. The van der Waals surface area contributed by atoms with Gasteiger partial charge in [0, 0.05) is 36.5 Å². The van der Waals surface area contributed by atoms with Crippen molar-refractivity contribution < 1.29 is 4.79 Å². The first-order valence-electron chi connectivity index (χ1n) is 10.1. The molecule has 6 heteroatoms. The molecule has 0 spiro atoms. The summed E-state index contributed by atoms with van der Waals surface area (Å²) in [4.78, 5) is 20.5. The van der Waals surface area contributed by atoms with Gasteiger partial charge >= 0.3 is 0 Å². The summed E-state index contributed by atoms with van der Waals surface area (Å²) < 4.78 is 0. The molecule has 0 radical (unpaired) electrons. The number of fused-ring (bicyclic) bond motifs is 1. The lowest BCUT2D eigenvalue weighted by atomic mass is 9.96. The zero-order chi connectivity index (χ0) is 19.4. The number of hydrogen-bond acceptors (Lipinski definition) is 3. The highest BCUT2D eigenvalue weighted by Crippen LogP contribution is 2.47. The van der Waals surface area contributed by atoms with Crippen LogP contribution in [0.4, 0.5) is 0 Å². The highest BCUT2D eigenvalue weighted by atomic mass is 32.1. The van der Waals surface area contributed by atoms with Crippen LogP contribution >= 0.6 is 11.3 Å². The predicted octanol–water partition coefficient (Wildman–Crippen LogP) is 2.92. The van der Waals surface area contributed by atoms with Crippen molar-refractivity contribution in [2.24, 2.45) is 4.99 Å². The Labute approximate surface area is 170 Å². The second-order valence-electron chi connectivity index (χ2n) is 7.63. The Kier molecular flexibility index (Phi) is 5.67. The number of aliphatic imine (C=N–C) groups is 1. The molecule has 148 valence electrons. The highest BCUT2D eigenvalue weighted by Gasteiger charge is 2.44. The van der Waals surface area contributed by atoms with Crippen LogP contribution in [0, 0.1) is 0 Å². The Morgan fingerprint density at radius 3 is 2.79 bits per heavy atom. The maximum atomic E-state index is 12.6. The van der Waals surface area contributed by atoms with Crippen molar-refractivity contribution in [1.29, 1.82) is 0 Å². The minimum absolute atomic E-state index is 0.0956. The maximum Gasteiger partial charge on any atom is 0.244 e. The van der Waals surface area contributed by atoms with Gasteiger partial charge < -0.3 is 15.5 Å². The third-order valence-corrected chi connectivity index (χ3v) is 6.73. The molecule has 1 saturated carbocycles. The van der Waals surface area contributed by atoms with Gasteiger partial charge in [0.15, 0.2) is 5.96 Å².